The van der Waals surface area contributed by atoms with Gasteiger partial charge in [0.1, 0.15) is 11.8 Å². The van der Waals surface area contributed by atoms with Crippen LogP contribution in [0, 0.1) is 0 Å². The number of hydrogen-bond donors (Lipinski definition) is 0. The van der Waals surface area contributed by atoms with Crippen LogP contribution in [0.5, 0.6) is 5.75 Å². The number of anilines is 1. The lowest BCUT2D eigenvalue weighted by Crippen LogP contribution is -2.54. The molecule has 1 aromatic rings. The van der Waals surface area contributed by atoms with E-state index in [1.165, 1.54) is 27.4 Å². The van der Waals surface area contributed by atoms with Crippen LogP contribution in [0.2, 0.25) is 0 Å². The minimum atomic E-state index is -4.78. The van der Waals surface area contributed by atoms with Gasteiger partial charge < -0.3 is 9.64 Å². The summed E-state index contributed by atoms with van der Waals surface area (Å²) in [4.78, 5) is 14.8. The fourth-order valence-electron chi connectivity index (χ4n) is 4.04. The summed E-state index contributed by atoms with van der Waals surface area (Å²) in [5.74, 6) is -0.643. The molecule has 1 fully saturated rings. The maximum Gasteiger partial charge on any atom is 0.573 e. The third-order valence-electron chi connectivity index (χ3n) is 5.23. The molecule has 3 rings (SSSR count). The van der Waals surface area contributed by atoms with E-state index in [1.807, 2.05) is 0 Å². The Morgan fingerprint density at radius 2 is 1.97 bits per heavy atom. The van der Waals surface area contributed by atoms with E-state index in [2.05, 4.69) is 4.74 Å². The first kappa shape index (κ1) is 21.9. The summed E-state index contributed by atoms with van der Waals surface area (Å²) < 4.78 is 68.0. The average Bonchev–Trinajstić information content (AvgIpc) is 2.65. The fraction of sp³-hybridized carbons (Fsp3) is 0.632. The summed E-state index contributed by atoms with van der Waals surface area (Å²) in [5, 5.41) is 0. The number of amides is 1. The molecule has 1 saturated heterocycles. The van der Waals surface area contributed by atoms with Gasteiger partial charge in [-0.15, -0.1) is 13.2 Å². The molecule has 162 valence electrons. The number of alkyl halides is 3. The van der Waals surface area contributed by atoms with Crippen molar-refractivity contribution in [3.63, 3.8) is 0 Å². The predicted molar refractivity (Wildman–Crippen MR) is 102 cm³/mol. The summed E-state index contributed by atoms with van der Waals surface area (Å²) in [7, 11) is -3.53. The highest BCUT2D eigenvalue weighted by Gasteiger charge is 2.39. The van der Waals surface area contributed by atoms with Gasteiger partial charge in [0.25, 0.3) is 0 Å². The number of fused-ring (bicyclic) bond motifs is 1. The second-order valence-electron chi connectivity index (χ2n) is 7.37. The number of halogens is 3. The van der Waals surface area contributed by atoms with Crippen molar-refractivity contribution in [1.82, 2.24) is 4.31 Å². The van der Waals surface area contributed by atoms with Crippen molar-refractivity contribution in [3.8, 4) is 5.75 Å². The molecule has 0 aromatic heterocycles. The van der Waals surface area contributed by atoms with Crippen molar-refractivity contribution >= 4 is 21.6 Å². The van der Waals surface area contributed by atoms with Crippen LogP contribution in [0.3, 0.4) is 0 Å². The van der Waals surface area contributed by atoms with Gasteiger partial charge in [-0.2, -0.15) is 4.31 Å². The van der Waals surface area contributed by atoms with Crippen LogP contribution in [0.1, 0.15) is 44.6 Å². The summed E-state index contributed by atoms with van der Waals surface area (Å²) in [6.45, 7) is 2.50. The van der Waals surface area contributed by atoms with Gasteiger partial charge in [-0.3, -0.25) is 4.79 Å². The molecule has 0 bridgehead atoms. The molecule has 29 heavy (non-hydrogen) atoms. The molecular weight excluding hydrogens is 409 g/mol. The zero-order valence-corrected chi connectivity index (χ0v) is 17.1. The van der Waals surface area contributed by atoms with Gasteiger partial charge in [0.05, 0.1) is 5.75 Å². The summed E-state index contributed by atoms with van der Waals surface area (Å²) in [6.07, 6.45) is -1.29. The Hall–Kier alpha value is -1.81. The van der Waals surface area contributed by atoms with E-state index < -0.39 is 22.4 Å². The molecular formula is C19H25F3N2O4S. The van der Waals surface area contributed by atoms with Crippen LogP contribution in [-0.2, 0) is 21.2 Å². The molecule has 0 saturated carbocycles. The van der Waals surface area contributed by atoms with E-state index >= 15 is 0 Å². The lowest BCUT2D eigenvalue weighted by atomic mass is 9.98. The molecule has 2 aliphatic heterocycles. The zero-order chi connectivity index (χ0) is 21.2. The van der Waals surface area contributed by atoms with Crippen molar-refractivity contribution in [2.45, 2.75) is 57.9 Å². The number of rotatable bonds is 5. The summed E-state index contributed by atoms with van der Waals surface area (Å²) in [5.41, 5.74) is 1.11. The lowest BCUT2D eigenvalue weighted by molar-refractivity contribution is -0.274. The van der Waals surface area contributed by atoms with E-state index in [0.29, 0.717) is 56.4 Å². The summed E-state index contributed by atoms with van der Waals surface area (Å²) in [6, 6.07) is 3.16. The minimum Gasteiger partial charge on any atom is -0.406 e. The van der Waals surface area contributed by atoms with E-state index in [1.54, 1.807) is 6.92 Å². The quantitative estimate of drug-likeness (QED) is 0.712. The number of aryl methyl sites for hydroxylation is 1. The van der Waals surface area contributed by atoms with Gasteiger partial charge in [-0.1, -0.05) is 13.3 Å². The van der Waals surface area contributed by atoms with Crippen LogP contribution < -0.4 is 9.64 Å². The standard InChI is InChI=1S/C19H25F3N2O4S/c1-2-12-29(26,27)24-11-4-3-7-17(24)18(25)23-10-5-6-14-13-15(8-9-16(14)23)28-19(20,21)22/h8-9,13,17H,2-7,10-12H2,1H3. The highest BCUT2D eigenvalue weighted by atomic mass is 32.2. The molecule has 2 aliphatic rings. The number of benzene rings is 1. The van der Waals surface area contributed by atoms with Crippen LogP contribution in [-0.4, -0.2) is 49.9 Å². The number of ether oxygens (including phenoxy) is 1. The predicted octanol–water partition coefficient (Wildman–Crippen LogP) is 3.46. The largest absolute Gasteiger partial charge is 0.573 e. The molecule has 2 heterocycles. The molecule has 1 atom stereocenters. The Morgan fingerprint density at radius 3 is 2.66 bits per heavy atom. The third kappa shape index (κ3) is 5.03. The van der Waals surface area contributed by atoms with Crippen molar-refractivity contribution in [1.29, 1.82) is 0 Å². The topological polar surface area (TPSA) is 66.9 Å². The maximum absolute atomic E-state index is 13.3. The molecule has 0 N–H and O–H groups in total. The van der Waals surface area contributed by atoms with Gasteiger partial charge >= 0.3 is 6.36 Å². The van der Waals surface area contributed by atoms with E-state index in [4.69, 9.17) is 0 Å². The monoisotopic (exact) mass is 434 g/mol. The van der Waals surface area contributed by atoms with Crippen LogP contribution in [0.4, 0.5) is 18.9 Å². The van der Waals surface area contributed by atoms with Crippen molar-refractivity contribution in [2.24, 2.45) is 0 Å². The van der Waals surface area contributed by atoms with Gasteiger partial charge in [0, 0.05) is 18.8 Å². The lowest BCUT2D eigenvalue weighted by Gasteiger charge is -2.38. The van der Waals surface area contributed by atoms with Crippen LogP contribution >= 0.6 is 0 Å². The molecule has 1 unspecified atom stereocenters. The second kappa shape index (κ2) is 8.51. The number of carbonyl (C=O) groups is 1. The van der Waals surface area contributed by atoms with Crippen LogP contribution in [0.25, 0.3) is 0 Å². The number of hydrogen-bond acceptors (Lipinski definition) is 4. The van der Waals surface area contributed by atoms with Gasteiger partial charge in [-0.25, -0.2) is 8.42 Å². The molecule has 10 heteroatoms. The van der Waals surface area contributed by atoms with Crippen LogP contribution in [0.15, 0.2) is 18.2 Å². The molecule has 0 radical (unpaired) electrons. The Kier molecular flexibility index (Phi) is 6.42. The third-order valence-corrected chi connectivity index (χ3v) is 7.30. The van der Waals surface area contributed by atoms with Gasteiger partial charge in [0.15, 0.2) is 0 Å². The van der Waals surface area contributed by atoms with Crippen molar-refractivity contribution in [2.75, 3.05) is 23.7 Å². The second-order valence-corrected chi connectivity index (χ2v) is 9.41. The van der Waals surface area contributed by atoms with E-state index in [0.717, 1.165) is 6.42 Å². The smallest absolute Gasteiger partial charge is 0.406 e. The summed E-state index contributed by atoms with van der Waals surface area (Å²) >= 11 is 0. The molecule has 6 nitrogen and oxygen atoms in total. The van der Waals surface area contributed by atoms with Gasteiger partial charge in [-0.05, 0) is 55.9 Å². The first-order chi connectivity index (χ1) is 13.6. The number of carbonyl (C=O) groups excluding carboxylic acids is 1. The molecule has 0 aliphatic carbocycles. The SMILES string of the molecule is CCCS(=O)(=O)N1CCCCC1C(=O)N1CCCc2cc(OC(F)(F)F)ccc21. The normalized spacial score (nSPS) is 21.0. The number of piperidine rings is 1. The Balaban J connectivity index is 1.86. The Labute approximate surface area is 168 Å². The number of nitrogens with zero attached hydrogens (tertiary/aromatic N) is 2. The first-order valence-electron chi connectivity index (χ1n) is 9.82. The highest BCUT2D eigenvalue weighted by Crippen LogP contribution is 2.34. The zero-order valence-electron chi connectivity index (χ0n) is 16.2. The average molecular weight is 434 g/mol. The van der Waals surface area contributed by atoms with Crippen molar-refractivity contribution in [3.05, 3.63) is 23.8 Å². The maximum atomic E-state index is 13.3. The van der Waals surface area contributed by atoms with E-state index in [-0.39, 0.29) is 17.4 Å². The minimum absolute atomic E-state index is 0.00842. The van der Waals surface area contributed by atoms with Crippen molar-refractivity contribution < 1.29 is 31.1 Å². The molecule has 1 amide bonds. The Morgan fingerprint density at radius 1 is 1.21 bits per heavy atom. The highest BCUT2D eigenvalue weighted by molar-refractivity contribution is 7.89. The van der Waals surface area contributed by atoms with Gasteiger partial charge in [0.2, 0.25) is 15.9 Å². The first-order valence-corrected chi connectivity index (χ1v) is 11.4. The van der Waals surface area contributed by atoms with E-state index in [9.17, 15) is 26.4 Å². The Bertz CT molecular complexity index is 858. The molecule has 0 spiro atoms. The number of sulfonamides is 1. The fourth-order valence-corrected chi connectivity index (χ4v) is 5.78. The molecule has 1 aromatic carbocycles.